The van der Waals surface area contributed by atoms with Crippen molar-refractivity contribution in [1.29, 1.82) is 0 Å². The van der Waals surface area contributed by atoms with E-state index in [4.69, 9.17) is 22.7 Å². The van der Waals surface area contributed by atoms with Gasteiger partial charge in [0, 0.05) is 12.4 Å². The van der Waals surface area contributed by atoms with Crippen LogP contribution in [0.25, 0.3) is 0 Å². The largest absolute Gasteiger partial charge is 0.470 e. The molecule has 0 amide bonds. The van der Waals surface area contributed by atoms with Crippen molar-refractivity contribution in [2.75, 3.05) is 5.32 Å². The van der Waals surface area contributed by atoms with E-state index in [1.54, 1.807) is 6.20 Å². The van der Waals surface area contributed by atoms with Crippen LogP contribution in [0.1, 0.15) is 5.56 Å². The number of anilines is 1. The zero-order valence-corrected chi connectivity index (χ0v) is 10.4. The van der Waals surface area contributed by atoms with Crippen LogP contribution in [-0.4, -0.2) is 15.1 Å². The molecule has 0 unspecified atom stereocenters. The lowest BCUT2D eigenvalue weighted by Gasteiger charge is -2.09. The van der Waals surface area contributed by atoms with Gasteiger partial charge in [0.1, 0.15) is 6.61 Å². The fourth-order valence-corrected chi connectivity index (χ4v) is 1.46. The molecule has 1 heterocycles. The standard InChI is InChI=1S/C12H12N4OS/c13-12(18)16-10-11(15-7-6-14-10)17-8-9-4-2-1-3-5-9/h1-7H,8H2,(H3,13,14,16,18). The van der Waals surface area contributed by atoms with Crippen molar-refractivity contribution in [3.05, 3.63) is 48.3 Å². The Hall–Kier alpha value is -2.21. The molecule has 0 saturated carbocycles. The Bertz CT molecular complexity index is 533. The number of benzene rings is 1. The third-order valence-corrected chi connectivity index (χ3v) is 2.23. The van der Waals surface area contributed by atoms with E-state index in [9.17, 15) is 0 Å². The van der Waals surface area contributed by atoms with E-state index in [1.165, 1.54) is 6.20 Å². The predicted octanol–water partition coefficient (Wildman–Crippen LogP) is 1.71. The first-order valence-electron chi connectivity index (χ1n) is 5.30. The Labute approximate surface area is 110 Å². The summed E-state index contributed by atoms with van der Waals surface area (Å²) in [5.41, 5.74) is 6.44. The third-order valence-electron chi connectivity index (χ3n) is 2.12. The summed E-state index contributed by atoms with van der Waals surface area (Å²) in [7, 11) is 0. The Morgan fingerprint density at radius 1 is 1.22 bits per heavy atom. The lowest BCUT2D eigenvalue weighted by Crippen LogP contribution is -2.20. The Kier molecular flexibility index (Phi) is 4.03. The van der Waals surface area contributed by atoms with E-state index in [0.717, 1.165) is 5.56 Å². The van der Waals surface area contributed by atoms with Gasteiger partial charge in [-0.05, 0) is 17.8 Å². The van der Waals surface area contributed by atoms with Gasteiger partial charge < -0.3 is 15.8 Å². The van der Waals surface area contributed by atoms with Crippen molar-refractivity contribution in [1.82, 2.24) is 9.97 Å². The molecule has 0 bridgehead atoms. The lowest BCUT2D eigenvalue weighted by atomic mass is 10.2. The highest BCUT2D eigenvalue weighted by atomic mass is 32.1. The van der Waals surface area contributed by atoms with Gasteiger partial charge in [-0.1, -0.05) is 30.3 Å². The first-order valence-corrected chi connectivity index (χ1v) is 5.71. The van der Waals surface area contributed by atoms with E-state index >= 15 is 0 Å². The van der Waals surface area contributed by atoms with Crippen LogP contribution in [0.3, 0.4) is 0 Å². The van der Waals surface area contributed by atoms with Crippen LogP contribution in [0.5, 0.6) is 5.88 Å². The average molecular weight is 260 g/mol. The summed E-state index contributed by atoms with van der Waals surface area (Å²) in [5, 5.41) is 2.85. The number of nitrogens with zero attached hydrogens (tertiary/aromatic N) is 2. The second-order valence-electron chi connectivity index (χ2n) is 3.47. The number of hydrogen-bond donors (Lipinski definition) is 2. The zero-order valence-electron chi connectivity index (χ0n) is 9.54. The van der Waals surface area contributed by atoms with Crippen LogP contribution >= 0.6 is 12.2 Å². The van der Waals surface area contributed by atoms with Gasteiger partial charge in [0.2, 0.25) is 0 Å². The van der Waals surface area contributed by atoms with Gasteiger partial charge in [0.25, 0.3) is 5.88 Å². The molecule has 0 aliphatic carbocycles. The van der Waals surface area contributed by atoms with Crippen LogP contribution in [0.2, 0.25) is 0 Å². The molecule has 3 N–H and O–H groups in total. The van der Waals surface area contributed by atoms with Gasteiger partial charge >= 0.3 is 0 Å². The third kappa shape index (κ3) is 3.39. The van der Waals surface area contributed by atoms with Crippen LogP contribution in [0.15, 0.2) is 42.7 Å². The van der Waals surface area contributed by atoms with E-state index in [2.05, 4.69) is 15.3 Å². The Morgan fingerprint density at radius 3 is 2.67 bits per heavy atom. The summed E-state index contributed by atoms with van der Waals surface area (Å²) in [4.78, 5) is 8.15. The molecule has 2 rings (SSSR count). The predicted molar refractivity (Wildman–Crippen MR) is 73.2 cm³/mol. The molecule has 0 atom stereocenters. The molecule has 18 heavy (non-hydrogen) atoms. The number of nitrogens with one attached hydrogen (secondary N) is 1. The molecule has 1 aromatic heterocycles. The van der Waals surface area contributed by atoms with Crippen LogP contribution in [0.4, 0.5) is 5.82 Å². The molecular formula is C12H12N4OS. The number of aromatic nitrogens is 2. The fourth-order valence-electron chi connectivity index (χ4n) is 1.36. The number of thiocarbonyl (C=S) groups is 1. The maximum atomic E-state index is 5.57. The molecule has 0 fully saturated rings. The molecule has 0 saturated heterocycles. The van der Waals surface area contributed by atoms with Crippen molar-refractivity contribution < 1.29 is 4.74 Å². The molecule has 0 aliphatic rings. The van der Waals surface area contributed by atoms with Gasteiger partial charge in [-0.15, -0.1) is 0 Å². The first-order chi connectivity index (χ1) is 8.75. The number of nitrogens with two attached hydrogens (primary N) is 1. The number of ether oxygens (including phenoxy) is 1. The number of hydrogen-bond acceptors (Lipinski definition) is 4. The maximum absolute atomic E-state index is 5.57. The summed E-state index contributed by atoms with van der Waals surface area (Å²) < 4.78 is 5.57. The smallest absolute Gasteiger partial charge is 0.258 e. The monoisotopic (exact) mass is 260 g/mol. The molecule has 2 aromatic rings. The highest BCUT2D eigenvalue weighted by molar-refractivity contribution is 7.80. The van der Waals surface area contributed by atoms with Crippen molar-refractivity contribution in [3.63, 3.8) is 0 Å². The fraction of sp³-hybridized carbons (Fsp3) is 0.0833. The van der Waals surface area contributed by atoms with Crippen molar-refractivity contribution in [2.45, 2.75) is 6.61 Å². The maximum Gasteiger partial charge on any atom is 0.258 e. The van der Waals surface area contributed by atoms with E-state index < -0.39 is 0 Å². The van der Waals surface area contributed by atoms with Crippen molar-refractivity contribution in [2.24, 2.45) is 5.73 Å². The minimum absolute atomic E-state index is 0.125. The SMILES string of the molecule is NC(=S)Nc1nccnc1OCc1ccccc1. The topological polar surface area (TPSA) is 73.1 Å². The van der Waals surface area contributed by atoms with Gasteiger partial charge in [-0.3, -0.25) is 0 Å². The minimum Gasteiger partial charge on any atom is -0.470 e. The van der Waals surface area contributed by atoms with Crippen molar-refractivity contribution >= 4 is 23.1 Å². The quantitative estimate of drug-likeness (QED) is 0.815. The molecule has 92 valence electrons. The van der Waals surface area contributed by atoms with E-state index in [0.29, 0.717) is 18.3 Å². The normalized spacial score (nSPS) is 9.78. The number of rotatable bonds is 4. The minimum atomic E-state index is 0.125. The van der Waals surface area contributed by atoms with Gasteiger partial charge in [-0.2, -0.15) is 0 Å². The van der Waals surface area contributed by atoms with Gasteiger partial charge in [0.15, 0.2) is 10.9 Å². The summed E-state index contributed by atoms with van der Waals surface area (Å²) in [6.07, 6.45) is 3.08. The summed E-state index contributed by atoms with van der Waals surface area (Å²) in [6, 6.07) is 9.78. The average Bonchev–Trinajstić information content (AvgIpc) is 2.38. The molecule has 0 spiro atoms. The Morgan fingerprint density at radius 2 is 1.94 bits per heavy atom. The van der Waals surface area contributed by atoms with Crippen molar-refractivity contribution in [3.8, 4) is 5.88 Å². The van der Waals surface area contributed by atoms with Gasteiger partial charge in [-0.25, -0.2) is 9.97 Å². The molecular weight excluding hydrogens is 248 g/mol. The molecule has 0 aliphatic heterocycles. The van der Waals surface area contributed by atoms with Gasteiger partial charge in [0.05, 0.1) is 0 Å². The van der Waals surface area contributed by atoms with Crippen LogP contribution < -0.4 is 15.8 Å². The van der Waals surface area contributed by atoms with Crippen LogP contribution in [0, 0.1) is 0 Å². The van der Waals surface area contributed by atoms with E-state index in [-0.39, 0.29) is 5.11 Å². The second kappa shape index (κ2) is 5.92. The summed E-state index contributed by atoms with van der Waals surface area (Å²) in [6.45, 7) is 0.408. The second-order valence-corrected chi connectivity index (χ2v) is 3.91. The molecule has 6 heteroatoms. The molecule has 1 aromatic carbocycles. The first kappa shape index (κ1) is 12.3. The highest BCUT2D eigenvalue weighted by Gasteiger charge is 2.06. The van der Waals surface area contributed by atoms with E-state index in [1.807, 2.05) is 30.3 Å². The zero-order chi connectivity index (χ0) is 12.8. The van der Waals surface area contributed by atoms with Crippen LogP contribution in [-0.2, 0) is 6.61 Å². The molecule has 5 nitrogen and oxygen atoms in total. The summed E-state index contributed by atoms with van der Waals surface area (Å²) >= 11 is 4.76. The molecule has 0 radical (unpaired) electrons. The lowest BCUT2D eigenvalue weighted by molar-refractivity contribution is 0.294. The highest BCUT2D eigenvalue weighted by Crippen LogP contribution is 2.18. The Balaban J connectivity index is 2.07. The summed E-state index contributed by atoms with van der Waals surface area (Å²) in [5.74, 6) is 0.787.